The SMILES string of the molecule is CNC1=CC[C@@H](c2ccc(Cl)c(Cl)c2)c2ccc(COC)cc21. The summed E-state index contributed by atoms with van der Waals surface area (Å²) in [6, 6.07) is 12.4. The van der Waals surface area contributed by atoms with E-state index >= 15 is 0 Å². The first kappa shape index (κ1) is 16.4. The lowest BCUT2D eigenvalue weighted by Crippen LogP contribution is -2.15. The van der Waals surface area contributed by atoms with Gasteiger partial charge in [0.25, 0.3) is 0 Å². The monoisotopic (exact) mass is 347 g/mol. The number of benzene rings is 2. The number of hydrogen-bond donors (Lipinski definition) is 1. The Hall–Kier alpha value is -1.48. The van der Waals surface area contributed by atoms with Gasteiger partial charge in [-0.25, -0.2) is 0 Å². The molecule has 1 aliphatic carbocycles. The number of halogens is 2. The lowest BCUT2D eigenvalue weighted by atomic mass is 9.80. The number of fused-ring (bicyclic) bond motifs is 1. The van der Waals surface area contributed by atoms with Crippen molar-refractivity contribution < 1.29 is 4.74 Å². The predicted molar refractivity (Wildman–Crippen MR) is 97.1 cm³/mol. The molecule has 0 radical (unpaired) electrons. The van der Waals surface area contributed by atoms with Gasteiger partial charge in [-0.1, -0.05) is 47.5 Å². The molecule has 0 saturated heterocycles. The van der Waals surface area contributed by atoms with Gasteiger partial charge in [-0.2, -0.15) is 0 Å². The molecule has 0 aliphatic heterocycles. The van der Waals surface area contributed by atoms with Gasteiger partial charge in [0, 0.05) is 31.3 Å². The summed E-state index contributed by atoms with van der Waals surface area (Å²) in [5.41, 5.74) is 6.04. The molecule has 1 N–H and O–H groups in total. The van der Waals surface area contributed by atoms with Gasteiger partial charge in [0.2, 0.25) is 0 Å². The van der Waals surface area contributed by atoms with Crippen LogP contribution in [0.3, 0.4) is 0 Å². The molecule has 0 bridgehead atoms. The predicted octanol–water partition coefficient (Wildman–Crippen LogP) is 5.24. The van der Waals surface area contributed by atoms with Gasteiger partial charge in [0.1, 0.15) is 0 Å². The van der Waals surface area contributed by atoms with E-state index in [1.54, 1.807) is 7.11 Å². The van der Waals surface area contributed by atoms with Crippen LogP contribution in [0.4, 0.5) is 0 Å². The zero-order valence-corrected chi connectivity index (χ0v) is 14.7. The summed E-state index contributed by atoms with van der Waals surface area (Å²) >= 11 is 12.3. The molecule has 120 valence electrons. The van der Waals surface area contributed by atoms with Gasteiger partial charge >= 0.3 is 0 Å². The van der Waals surface area contributed by atoms with Crippen molar-refractivity contribution in [2.24, 2.45) is 0 Å². The maximum absolute atomic E-state index is 6.21. The minimum Gasteiger partial charge on any atom is -0.388 e. The first-order valence-electron chi connectivity index (χ1n) is 7.59. The van der Waals surface area contributed by atoms with E-state index in [1.165, 1.54) is 22.3 Å². The summed E-state index contributed by atoms with van der Waals surface area (Å²) < 4.78 is 5.26. The number of rotatable bonds is 4. The van der Waals surface area contributed by atoms with Crippen molar-refractivity contribution in [3.8, 4) is 0 Å². The summed E-state index contributed by atoms with van der Waals surface area (Å²) in [7, 11) is 3.67. The molecule has 0 saturated carbocycles. The van der Waals surface area contributed by atoms with Crippen LogP contribution in [0.25, 0.3) is 5.70 Å². The maximum atomic E-state index is 6.21. The highest BCUT2D eigenvalue weighted by Crippen LogP contribution is 2.39. The Morgan fingerprint density at radius 3 is 2.65 bits per heavy atom. The Morgan fingerprint density at radius 2 is 1.96 bits per heavy atom. The third kappa shape index (κ3) is 3.25. The van der Waals surface area contributed by atoms with Crippen LogP contribution in [0, 0.1) is 0 Å². The van der Waals surface area contributed by atoms with E-state index in [0.29, 0.717) is 16.7 Å². The molecule has 0 aromatic heterocycles. The number of methoxy groups -OCH3 is 1. The second-order valence-electron chi connectivity index (χ2n) is 5.68. The molecule has 0 unspecified atom stereocenters. The zero-order valence-electron chi connectivity index (χ0n) is 13.2. The summed E-state index contributed by atoms with van der Waals surface area (Å²) in [4.78, 5) is 0. The van der Waals surface area contributed by atoms with Crippen molar-refractivity contribution >= 4 is 28.9 Å². The average Bonchev–Trinajstić information content (AvgIpc) is 2.56. The lowest BCUT2D eigenvalue weighted by Gasteiger charge is -2.27. The normalized spacial score (nSPS) is 16.7. The van der Waals surface area contributed by atoms with Crippen LogP contribution >= 0.6 is 23.2 Å². The van der Waals surface area contributed by atoms with Crippen LogP contribution in [-0.4, -0.2) is 14.2 Å². The summed E-state index contributed by atoms with van der Waals surface area (Å²) in [5, 5.41) is 4.49. The smallest absolute Gasteiger partial charge is 0.0713 e. The number of ether oxygens (including phenoxy) is 1. The molecule has 2 nitrogen and oxygen atoms in total. The van der Waals surface area contributed by atoms with Crippen LogP contribution in [-0.2, 0) is 11.3 Å². The molecule has 0 fully saturated rings. The third-order valence-electron chi connectivity index (χ3n) is 4.27. The van der Waals surface area contributed by atoms with Crippen LogP contribution in [0.1, 0.15) is 34.6 Å². The van der Waals surface area contributed by atoms with Crippen molar-refractivity contribution in [2.75, 3.05) is 14.2 Å². The molecule has 0 spiro atoms. The summed E-state index contributed by atoms with van der Waals surface area (Å²) in [6.45, 7) is 0.613. The topological polar surface area (TPSA) is 21.3 Å². The highest BCUT2D eigenvalue weighted by atomic mass is 35.5. The Labute approximate surface area is 147 Å². The summed E-state index contributed by atoms with van der Waals surface area (Å²) in [6.07, 6.45) is 3.18. The number of allylic oxidation sites excluding steroid dienone is 1. The van der Waals surface area contributed by atoms with Gasteiger partial charge < -0.3 is 10.1 Å². The molecular weight excluding hydrogens is 329 g/mol. The minimum atomic E-state index is 0.286. The van der Waals surface area contributed by atoms with Gasteiger partial charge in [0.05, 0.1) is 16.7 Å². The number of hydrogen-bond acceptors (Lipinski definition) is 2. The zero-order chi connectivity index (χ0) is 16.4. The molecule has 2 aromatic carbocycles. The van der Waals surface area contributed by atoms with Gasteiger partial charge in [-0.15, -0.1) is 0 Å². The quantitative estimate of drug-likeness (QED) is 0.816. The molecule has 4 heteroatoms. The average molecular weight is 348 g/mol. The molecule has 0 heterocycles. The van der Waals surface area contributed by atoms with Crippen LogP contribution in [0.2, 0.25) is 10.0 Å². The van der Waals surface area contributed by atoms with Gasteiger partial charge in [-0.3, -0.25) is 0 Å². The fourth-order valence-electron chi connectivity index (χ4n) is 3.15. The Balaban J connectivity index is 2.06. The van der Waals surface area contributed by atoms with Crippen molar-refractivity contribution in [3.63, 3.8) is 0 Å². The van der Waals surface area contributed by atoms with Crippen molar-refractivity contribution in [1.29, 1.82) is 0 Å². The van der Waals surface area contributed by atoms with Crippen LogP contribution in [0.5, 0.6) is 0 Å². The maximum Gasteiger partial charge on any atom is 0.0713 e. The molecule has 2 aromatic rings. The van der Waals surface area contributed by atoms with Crippen molar-refractivity contribution in [3.05, 3.63) is 74.8 Å². The molecule has 0 amide bonds. The van der Waals surface area contributed by atoms with E-state index in [-0.39, 0.29) is 5.92 Å². The number of nitrogens with one attached hydrogen (secondary N) is 1. The standard InChI is InChI=1S/C19H19Cl2NO/c1-22-19-8-6-14(13-4-7-17(20)18(21)10-13)15-5-3-12(11-23-2)9-16(15)19/h3-5,7-10,14,22H,6,11H2,1-2H3/t14-/m0/s1. The largest absolute Gasteiger partial charge is 0.388 e. The molecule has 1 aliphatic rings. The molecule has 1 atom stereocenters. The van der Waals surface area contributed by atoms with Crippen LogP contribution < -0.4 is 5.32 Å². The van der Waals surface area contributed by atoms with Gasteiger partial charge in [0.15, 0.2) is 0 Å². The second-order valence-corrected chi connectivity index (χ2v) is 6.50. The Kier molecular flexibility index (Phi) is 4.96. The van der Waals surface area contributed by atoms with E-state index in [4.69, 9.17) is 27.9 Å². The highest BCUT2D eigenvalue weighted by Gasteiger charge is 2.23. The van der Waals surface area contributed by atoms with Crippen LogP contribution in [0.15, 0.2) is 42.5 Å². The first-order valence-corrected chi connectivity index (χ1v) is 8.34. The minimum absolute atomic E-state index is 0.286. The summed E-state index contributed by atoms with van der Waals surface area (Å²) in [5.74, 6) is 0.286. The van der Waals surface area contributed by atoms with E-state index in [2.05, 4.69) is 35.7 Å². The molecule has 3 rings (SSSR count). The molecule has 23 heavy (non-hydrogen) atoms. The fourth-order valence-corrected chi connectivity index (χ4v) is 3.46. The fraction of sp³-hybridized carbons (Fsp3) is 0.263. The van der Waals surface area contributed by atoms with Crippen molar-refractivity contribution in [2.45, 2.75) is 18.9 Å². The second kappa shape index (κ2) is 6.96. The Morgan fingerprint density at radius 1 is 1.13 bits per heavy atom. The third-order valence-corrected chi connectivity index (χ3v) is 5.01. The van der Waals surface area contributed by atoms with E-state index in [9.17, 15) is 0 Å². The molecular formula is C19H19Cl2NO. The van der Waals surface area contributed by atoms with E-state index in [1.807, 2.05) is 19.2 Å². The van der Waals surface area contributed by atoms with Crippen molar-refractivity contribution in [1.82, 2.24) is 5.32 Å². The highest BCUT2D eigenvalue weighted by molar-refractivity contribution is 6.42. The lowest BCUT2D eigenvalue weighted by molar-refractivity contribution is 0.185. The van der Waals surface area contributed by atoms with E-state index < -0.39 is 0 Å². The Bertz CT molecular complexity index is 755. The van der Waals surface area contributed by atoms with E-state index in [0.717, 1.165) is 12.1 Å². The first-order chi connectivity index (χ1) is 11.1. The van der Waals surface area contributed by atoms with Gasteiger partial charge in [-0.05, 0) is 41.3 Å².